The third kappa shape index (κ3) is 4.41. The van der Waals surface area contributed by atoms with Crippen molar-refractivity contribution in [1.82, 2.24) is 15.0 Å². The summed E-state index contributed by atoms with van der Waals surface area (Å²) in [7, 11) is 0. The molecule has 0 atom stereocenters. The monoisotopic (exact) mass is 585 g/mol. The highest BCUT2D eigenvalue weighted by molar-refractivity contribution is 6.31. The van der Waals surface area contributed by atoms with E-state index in [4.69, 9.17) is 15.0 Å². The Morgan fingerprint density at radius 2 is 0.696 bits per heavy atom. The average molecular weight is 586 g/mol. The molecule has 1 aromatic heterocycles. The molecular weight excluding hydrogens is 558 g/mol. The van der Waals surface area contributed by atoms with Gasteiger partial charge in [0.1, 0.15) is 0 Å². The molecule has 3 heteroatoms. The van der Waals surface area contributed by atoms with Gasteiger partial charge in [0, 0.05) is 16.7 Å². The van der Waals surface area contributed by atoms with E-state index in [-0.39, 0.29) is 0 Å². The molecule has 0 saturated carbocycles. The van der Waals surface area contributed by atoms with Gasteiger partial charge >= 0.3 is 0 Å². The highest BCUT2D eigenvalue weighted by atomic mass is 15.0. The highest BCUT2D eigenvalue weighted by Crippen LogP contribution is 2.40. The van der Waals surface area contributed by atoms with Gasteiger partial charge in [0.2, 0.25) is 0 Å². The first-order chi connectivity index (χ1) is 22.8. The standard InChI is InChI=1S/C43H27N3/c1-3-12-29(13-4-1)41-44-42(30-14-5-2-6-15-30)46-43(45-41)33-17-11-16-31(26-33)32-23-22-28-24-25-38-36-20-8-7-18-34(36)35-19-9-10-21-37(35)40(38)39(28)27-32/h1-27H. The molecule has 0 aliphatic heterocycles. The SMILES string of the molecule is c1ccc(-c2nc(-c3ccccc3)nc(-c3cccc(-c4ccc5ccc6c7ccccc7c7ccccc7c6c5c4)c3)n2)cc1. The normalized spacial score (nSPS) is 11.5. The maximum Gasteiger partial charge on any atom is 0.164 e. The number of hydrogen-bond acceptors (Lipinski definition) is 3. The average Bonchev–Trinajstić information content (AvgIpc) is 3.15. The van der Waals surface area contributed by atoms with Gasteiger partial charge in [-0.25, -0.2) is 15.0 Å². The summed E-state index contributed by atoms with van der Waals surface area (Å²) >= 11 is 0. The summed E-state index contributed by atoms with van der Waals surface area (Å²) in [4.78, 5) is 14.8. The zero-order valence-electron chi connectivity index (χ0n) is 24.9. The fraction of sp³-hybridized carbons (Fsp3) is 0. The summed E-state index contributed by atoms with van der Waals surface area (Å²) in [6.07, 6.45) is 0. The second kappa shape index (κ2) is 10.8. The molecule has 0 radical (unpaired) electrons. The predicted octanol–water partition coefficient (Wildman–Crippen LogP) is 11.2. The summed E-state index contributed by atoms with van der Waals surface area (Å²) < 4.78 is 0. The van der Waals surface area contributed by atoms with Crippen LogP contribution in [0.2, 0.25) is 0 Å². The number of benzene rings is 8. The molecule has 9 aromatic rings. The van der Waals surface area contributed by atoms with Crippen molar-refractivity contribution in [2.24, 2.45) is 0 Å². The number of fused-ring (bicyclic) bond motifs is 8. The lowest BCUT2D eigenvalue weighted by Gasteiger charge is -2.14. The van der Waals surface area contributed by atoms with E-state index in [2.05, 4.69) is 103 Å². The Morgan fingerprint density at radius 1 is 0.261 bits per heavy atom. The largest absolute Gasteiger partial charge is 0.208 e. The molecule has 46 heavy (non-hydrogen) atoms. The van der Waals surface area contributed by atoms with Gasteiger partial charge in [-0.2, -0.15) is 0 Å². The Bertz CT molecular complexity index is 2480. The molecule has 0 saturated heterocycles. The highest BCUT2D eigenvalue weighted by Gasteiger charge is 2.15. The van der Waals surface area contributed by atoms with E-state index in [1.165, 1.54) is 43.1 Å². The van der Waals surface area contributed by atoms with Crippen LogP contribution in [0.15, 0.2) is 164 Å². The van der Waals surface area contributed by atoms with Crippen molar-refractivity contribution in [2.45, 2.75) is 0 Å². The first-order valence-corrected chi connectivity index (χ1v) is 15.5. The van der Waals surface area contributed by atoms with Crippen molar-refractivity contribution in [1.29, 1.82) is 0 Å². The van der Waals surface area contributed by atoms with E-state index in [1.54, 1.807) is 0 Å². The summed E-state index contributed by atoms with van der Waals surface area (Å²) in [6, 6.07) is 57.6. The first-order valence-electron chi connectivity index (χ1n) is 15.5. The summed E-state index contributed by atoms with van der Waals surface area (Å²) in [5, 5.41) is 10.2. The first kappa shape index (κ1) is 26.2. The lowest BCUT2D eigenvalue weighted by molar-refractivity contribution is 1.07. The quantitative estimate of drug-likeness (QED) is 0.193. The van der Waals surface area contributed by atoms with E-state index >= 15 is 0 Å². The van der Waals surface area contributed by atoms with E-state index < -0.39 is 0 Å². The Kier molecular flexibility index (Phi) is 6.14. The molecule has 0 N–H and O–H groups in total. The molecule has 0 spiro atoms. The summed E-state index contributed by atoms with van der Waals surface area (Å²) in [6.45, 7) is 0. The van der Waals surface area contributed by atoms with E-state index in [0.717, 1.165) is 27.8 Å². The molecule has 214 valence electrons. The van der Waals surface area contributed by atoms with Crippen LogP contribution >= 0.6 is 0 Å². The molecule has 0 aliphatic rings. The van der Waals surface area contributed by atoms with Gasteiger partial charge in [-0.15, -0.1) is 0 Å². The second-order valence-corrected chi connectivity index (χ2v) is 11.6. The van der Waals surface area contributed by atoms with Crippen LogP contribution in [-0.4, -0.2) is 15.0 Å². The van der Waals surface area contributed by atoms with Crippen molar-refractivity contribution in [3.63, 3.8) is 0 Å². The Morgan fingerprint density at radius 3 is 1.33 bits per heavy atom. The number of rotatable bonds is 4. The van der Waals surface area contributed by atoms with Gasteiger partial charge in [-0.1, -0.05) is 152 Å². The van der Waals surface area contributed by atoms with Crippen molar-refractivity contribution in [2.75, 3.05) is 0 Å². The van der Waals surface area contributed by atoms with Gasteiger partial charge in [0.25, 0.3) is 0 Å². The molecule has 0 bridgehead atoms. The van der Waals surface area contributed by atoms with E-state index in [9.17, 15) is 0 Å². The van der Waals surface area contributed by atoms with Crippen LogP contribution in [0.1, 0.15) is 0 Å². The number of nitrogens with zero attached hydrogens (tertiary/aromatic N) is 3. The van der Waals surface area contributed by atoms with Crippen LogP contribution in [0, 0.1) is 0 Å². The lowest BCUT2D eigenvalue weighted by atomic mass is 9.90. The van der Waals surface area contributed by atoms with Crippen LogP contribution in [-0.2, 0) is 0 Å². The Balaban J connectivity index is 1.23. The fourth-order valence-corrected chi connectivity index (χ4v) is 6.68. The fourth-order valence-electron chi connectivity index (χ4n) is 6.68. The predicted molar refractivity (Wildman–Crippen MR) is 192 cm³/mol. The van der Waals surface area contributed by atoms with Crippen LogP contribution in [0.4, 0.5) is 0 Å². The minimum Gasteiger partial charge on any atom is -0.208 e. The van der Waals surface area contributed by atoms with Gasteiger partial charge in [-0.05, 0) is 66.3 Å². The van der Waals surface area contributed by atoms with Gasteiger partial charge in [-0.3, -0.25) is 0 Å². The van der Waals surface area contributed by atoms with Crippen molar-refractivity contribution in [3.05, 3.63) is 164 Å². The third-order valence-electron chi connectivity index (χ3n) is 8.88. The van der Waals surface area contributed by atoms with Crippen LogP contribution in [0.3, 0.4) is 0 Å². The molecule has 0 amide bonds. The number of hydrogen-bond donors (Lipinski definition) is 0. The van der Waals surface area contributed by atoms with Crippen molar-refractivity contribution >= 4 is 43.1 Å². The molecule has 0 unspecified atom stereocenters. The molecule has 8 aromatic carbocycles. The minimum atomic E-state index is 0.651. The zero-order valence-corrected chi connectivity index (χ0v) is 24.9. The summed E-state index contributed by atoms with van der Waals surface area (Å²) in [5.41, 5.74) is 5.13. The Hall–Kier alpha value is -6.19. The second-order valence-electron chi connectivity index (χ2n) is 11.6. The molecule has 1 heterocycles. The topological polar surface area (TPSA) is 38.7 Å². The van der Waals surface area contributed by atoms with Crippen LogP contribution in [0.5, 0.6) is 0 Å². The minimum absolute atomic E-state index is 0.651. The molecular formula is C43H27N3. The van der Waals surface area contributed by atoms with Crippen LogP contribution < -0.4 is 0 Å². The Labute approximate surface area is 266 Å². The van der Waals surface area contributed by atoms with Gasteiger partial charge in [0.15, 0.2) is 17.5 Å². The molecule has 0 aliphatic carbocycles. The lowest BCUT2D eigenvalue weighted by Crippen LogP contribution is -2.00. The van der Waals surface area contributed by atoms with Gasteiger partial charge in [0.05, 0.1) is 0 Å². The van der Waals surface area contributed by atoms with E-state index in [1.807, 2.05) is 60.7 Å². The molecule has 9 rings (SSSR count). The van der Waals surface area contributed by atoms with Crippen LogP contribution in [0.25, 0.3) is 88.4 Å². The molecule has 0 fully saturated rings. The smallest absolute Gasteiger partial charge is 0.164 e. The van der Waals surface area contributed by atoms with Gasteiger partial charge < -0.3 is 0 Å². The van der Waals surface area contributed by atoms with Crippen molar-refractivity contribution < 1.29 is 0 Å². The maximum absolute atomic E-state index is 4.97. The van der Waals surface area contributed by atoms with Crippen molar-refractivity contribution in [3.8, 4) is 45.3 Å². The molecule has 3 nitrogen and oxygen atoms in total. The van der Waals surface area contributed by atoms with E-state index in [0.29, 0.717) is 17.5 Å². The zero-order chi connectivity index (χ0) is 30.5. The number of aromatic nitrogens is 3. The third-order valence-corrected chi connectivity index (χ3v) is 8.88. The summed E-state index contributed by atoms with van der Waals surface area (Å²) in [5.74, 6) is 1.97. The maximum atomic E-state index is 4.97.